The molecule has 0 aliphatic heterocycles. The van der Waals surface area contributed by atoms with Gasteiger partial charge in [-0.25, -0.2) is 9.59 Å². The molecule has 1 N–H and O–H groups in total. The van der Waals surface area contributed by atoms with E-state index in [2.05, 4.69) is 20.8 Å². The molecule has 0 saturated heterocycles. The Morgan fingerprint density at radius 2 is 1.63 bits per heavy atom. The minimum absolute atomic E-state index is 0.0644. The minimum atomic E-state index is -5.96. The first-order valence-corrected chi connectivity index (χ1v) is 8.57. The van der Waals surface area contributed by atoms with E-state index < -0.39 is 64.5 Å². The van der Waals surface area contributed by atoms with Gasteiger partial charge in [-0.3, -0.25) is 4.55 Å². The lowest BCUT2D eigenvalue weighted by Crippen LogP contribution is -2.58. The molecule has 0 heterocycles. The number of hydrogen-bond acceptors (Lipinski definition) is 7. The van der Waals surface area contributed by atoms with Crippen molar-refractivity contribution in [1.82, 2.24) is 0 Å². The first-order valence-electron chi connectivity index (χ1n) is 7.13. The molecule has 0 aromatic heterocycles. The fourth-order valence-electron chi connectivity index (χ4n) is 1.34. The maximum atomic E-state index is 13.4. The Morgan fingerprint density at radius 3 is 2.00 bits per heavy atom. The van der Waals surface area contributed by atoms with Crippen LogP contribution >= 0.6 is 0 Å². The maximum Gasteiger partial charge on any atom is 0.468 e. The summed E-state index contributed by atoms with van der Waals surface area (Å²) in [7, 11) is -5.96. The molecule has 0 amide bonds. The number of rotatable bonds is 10. The zero-order chi connectivity index (χ0) is 21.7. The molecular formula is C13H17F5O8S. The largest absolute Gasteiger partial charge is 0.468 e. The molecule has 27 heavy (non-hydrogen) atoms. The molecule has 0 spiro atoms. The van der Waals surface area contributed by atoms with Crippen molar-refractivity contribution in [3.8, 4) is 0 Å². The van der Waals surface area contributed by atoms with Crippen molar-refractivity contribution in [2.75, 3.05) is 13.2 Å². The van der Waals surface area contributed by atoms with E-state index in [1.807, 2.05) is 0 Å². The lowest BCUT2D eigenvalue weighted by molar-refractivity contribution is -0.355. The van der Waals surface area contributed by atoms with Gasteiger partial charge in [0.1, 0.15) is 0 Å². The number of ether oxygens (including phenoxy) is 3. The second-order valence-electron chi connectivity index (χ2n) is 5.13. The van der Waals surface area contributed by atoms with Gasteiger partial charge >= 0.3 is 39.3 Å². The molecular weight excluding hydrogens is 411 g/mol. The van der Waals surface area contributed by atoms with Gasteiger partial charge in [0.25, 0.3) is 0 Å². The summed E-state index contributed by atoms with van der Waals surface area (Å²) in [6.45, 7) is 3.07. The van der Waals surface area contributed by atoms with Crippen LogP contribution in [0, 0.1) is 0 Å². The third kappa shape index (κ3) is 6.39. The van der Waals surface area contributed by atoms with Crippen LogP contribution < -0.4 is 0 Å². The van der Waals surface area contributed by atoms with Gasteiger partial charge in [-0.05, 0) is 13.3 Å². The van der Waals surface area contributed by atoms with Crippen LogP contribution in [-0.4, -0.2) is 55.3 Å². The summed E-state index contributed by atoms with van der Waals surface area (Å²) in [5, 5.41) is -4.88. The van der Waals surface area contributed by atoms with Crippen molar-refractivity contribution < 1.29 is 58.7 Å². The number of esters is 2. The molecule has 8 nitrogen and oxygen atoms in total. The molecule has 1 atom stereocenters. The molecule has 0 aromatic rings. The standard InChI is InChI=1S/C13H17F5O8S/c1-4-6-24-10(20)12(13(16,17)18,26-9(19)8(2)3)25-7-5-11(14,15)27(21,22)23/h2,4-7H2,1,3H3,(H,21,22,23). The van der Waals surface area contributed by atoms with Crippen LogP contribution in [0.1, 0.15) is 26.7 Å². The van der Waals surface area contributed by atoms with E-state index in [4.69, 9.17) is 4.55 Å². The molecule has 0 bridgehead atoms. The number of carbonyl (C=O) groups excluding carboxylic acids is 2. The SMILES string of the molecule is C=C(C)C(=O)OC(OCCC(F)(F)S(=O)(=O)O)(C(=O)OCCC)C(F)(F)F. The third-order valence-electron chi connectivity index (χ3n) is 2.74. The summed E-state index contributed by atoms with van der Waals surface area (Å²) >= 11 is 0. The molecule has 0 saturated carbocycles. The highest BCUT2D eigenvalue weighted by molar-refractivity contribution is 7.86. The van der Waals surface area contributed by atoms with Crippen LogP contribution in [0.5, 0.6) is 0 Å². The molecule has 14 heteroatoms. The van der Waals surface area contributed by atoms with Gasteiger partial charge in [-0.1, -0.05) is 13.5 Å². The van der Waals surface area contributed by atoms with Crippen LogP contribution in [0.15, 0.2) is 12.2 Å². The number of hydrogen-bond donors (Lipinski definition) is 1. The molecule has 0 fully saturated rings. The average molecular weight is 428 g/mol. The highest BCUT2D eigenvalue weighted by Crippen LogP contribution is 2.38. The van der Waals surface area contributed by atoms with E-state index >= 15 is 0 Å². The fourth-order valence-corrected chi connectivity index (χ4v) is 1.68. The van der Waals surface area contributed by atoms with Crippen molar-refractivity contribution in [2.45, 2.75) is 43.9 Å². The summed E-state index contributed by atoms with van der Waals surface area (Å²) in [6.07, 6.45) is -7.69. The van der Waals surface area contributed by atoms with Crippen LogP contribution in [0.3, 0.4) is 0 Å². The zero-order valence-corrected chi connectivity index (χ0v) is 15.0. The number of halogens is 5. The monoisotopic (exact) mass is 428 g/mol. The first kappa shape index (κ1) is 25.2. The Labute approximate surface area is 151 Å². The van der Waals surface area contributed by atoms with E-state index in [1.165, 1.54) is 6.92 Å². The molecule has 0 aliphatic carbocycles. The van der Waals surface area contributed by atoms with Gasteiger partial charge in [-0.15, -0.1) is 0 Å². The van der Waals surface area contributed by atoms with Crippen LogP contribution in [0.4, 0.5) is 22.0 Å². The minimum Gasteiger partial charge on any atom is -0.461 e. The van der Waals surface area contributed by atoms with Crippen molar-refractivity contribution >= 4 is 22.1 Å². The molecule has 1 unspecified atom stereocenters. The van der Waals surface area contributed by atoms with Crippen molar-refractivity contribution in [2.24, 2.45) is 0 Å². The fraction of sp³-hybridized carbons (Fsp3) is 0.692. The summed E-state index contributed by atoms with van der Waals surface area (Å²) in [6, 6.07) is 0. The second kappa shape index (κ2) is 8.93. The van der Waals surface area contributed by atoms with Gasteiger partial charge in [0.15, 0.2) is 0 Å². The second-order valence-corrected chi connectivity index (χ2v) is 6.68. The quantitative estimate of drug-likeness (QED) is 0.185. The first-order chi connectivity index (χ1) is 12.0. The molecule has 0 aromatic carbocycles. The van der Waals surface area contributed by atoms with E-state index in [0.717, 1.165) is 6.92 Å². The van der Waals surface area contributed by atoms with E-state index in [-0.39, 0.29) is 6.42 Å². The normalized spacial score (nSPS) is 15.0. The van der Waals surface area contributed by atoms with Crippen molar-refractivity contribution in [3.05, 3.63) is 12.2 Å². The summed E-state index contributed by atoms with van der Waals surface area (Å²) in [4.78, 5) is 23.4. The lowest BCUT2D eigenvalue weighted by atomic mass is 10.2. The van der Waals surface area contributed by atoms with Crippen molar-refractivity contribution in [1.29, 1.82) is 0 Å². The molecule has 0 rings (SSSR count). The predicted octanol–water partition coefficient (Wildman–Crippen LogP) is 2.20. The van der Waals surface area contributed by atoms with Gasteiger partial charge in [-0.2, -0.15) is 30.4 Å². The van der Waals surface area contributed by atoms with E-state index in [1.54, 1.807) is 0 Å². The van der Waals surface area contributed by atoms with E-state index in [0.29, 0.717) is 0 Å². The van der Waals surface area contributed by atoms with Crippen molar-refractivity contribution in [3.63, 3.8) is 0 Å². The Kier molecular flexibility index (Phi) is 8.33. The Bertz CT molecular complexity index is 673. The summed E-state index contributed by atoms with van der Waals surface area (Å²) in [5.74, 6) is -8.45. The Balaban J connectivity index is 5.82. The molecule has 0 radical (unpaired) electrons. The Morgan fingerprint density at radius 1 is 1.11 bits per heavy atom. The lowest BCUT2D eigenvalue weighted by Gasteiger charge is -2.32. The van der Waals surface area contributed by atoms with Crippen LogP contribution in [0.25, 0.3) is 0 Å². The van der Waals surface area contributed by atoms with Gasteiger partial charge < -0.3 is 14.2 Å². The average Bonchev–Trinajstić information content (AvgIpc) is 2.48. The Hall–Kier alpha value is -1.80. The zero-order valence-electron chi connectivity index (χ0n) is 14.1. The van der Waals surface area contributed by atoms with Gasteiger partial charge in [0.05, 0.1) is 19.6 Å². The number of alkyl halides is 5. The maximum absolute atomic E-state index is 13.4. The van der Waals surface area contributed by atoms with E-state index in [9.17, 15) is 40.0 Å². The van der Waals surface area contributed by atoms with Gasteiger partial charge in [0.2, 0.25) is 0 Å². The highest BCUT2D eigenvalue weighted by Gasteiger charge is 2.68. The molecule has 0 aliphatic rings. The topological polar surface area (TPSA) is 116 Å². The summed E-state index contributed by atoms with van der Waals surface area (Å²) in [5.41, 5.74) is -0.584. The van der Waals surface area contributed by atoms with Crippen LogP contribution in [0.2, 0.25) is 0 Å². The number of carbonyl (C=O) groups is 2. The predicted molar refractivity (Wildman–Crippen MR) is 78.0 cm³/mol. The summed E-state index contributed by atoms with van der Waals surface area (Å²) < 4.78 is 108. The molecule has 158 valence electrons. The third-order valence-corrected chi connectivity index (χ3v) is 3.70. The smallest absolute Gasteiger partial charge is 0.461 e. The van der Waals surface area contributed by atoms with Gasteiger partial charge in [0, 0.05) is 5.57 Å². The van der Waals surface area contributed by atoms with Crippen LogP contribution in [-0.2, 0) is 33.9 Å². The highest BCUT2D eigenvalue weighted by atomic mass is 32.2.